The first-order valence-corrected chi connectivity index (χ1v) is 7.23. The molecule has 0 amide bonds. The van der Waals surface area contributed by atoms with Gasteiger partial charge in [-0.25, -0.2) is 4.39 Å². The summed E-state index contributed by atoms with van der Waals surface area (Å²) in [6, 6.07) is 3.99. The summed E-state index contributed by atoms with van der Waals surface area (Å²) in [4.78, 5) is 14.4. The number of halogens is 1. The van der Waals surface area contributed by atoms with Crippen LogP contribution in [0.1, 0.15) is 43.5 Å². The number of nitrogens with zero attached hydrogens (tertiary/aromatic N) is 1. The third-order valence-corrected chi connectivity index (χ3v) is 3.66. The number of carbonyl (C=O) groups excluding carboxylic acids is 1. The molecular formula is C16H22FNO2. The highest BCUT2D eigenvalue weighted by molar-refractivity contribution is 6.00. The Labute approximate surface area is 119 Å². The molecule has 1 fully saturated rings. The lowest BCUT2D eigenvalue weighted by Crippen LogP contribution is -2.33. The van der Waals surface area contributed by atoms with Crippen LogP contribution in [0.25, 0.3) is 0 Å². The molecule has 0 bridgehead atoms. The van der Waals surface area contributed by atoms with Gasteiger partial charge in [0.05, 0.1) is 12.1 Å². The Morgan fingerprint density at radius 2 is 2.15 bits per heavy atom. The van der Waals surface area contributed by atoms with E-state index >= 15 is 0 Å². The summed E-state index contributed by atoms with van der Waals surface area (Å²) in [6.07, 6.45) is 3.29. The summed E-state index contributed by atoms with van der Waals surface area (Å²) in [5.74, 6) is -0.256. The van der Waals surface area contributed by atoms with Crippen LogP contribution in [0.2, 0.25) is 0 Å². The summed E-state index contributed by atoms with van der Waals surface area (Å²) in [6.45, 7) is 5.45. The number of phenols is 1. The SMILES string of the molecule is CC(C)CCN(CC(=O)c1cc(F)ccc1O)C1CC1. The minimum atomic E-state index is -0.494. The Kier molecular flexibility index (Phi) is 4.76. The molecule has 0 aliphatic heterocycles. The van der Waals surface area contributed by atoms with Gasteiger partial charge in [0.15, 0.2) is 5.78 Å². The predicted octanol–water partition coefficient (Wildman–Crippen LogP) is 3.22. The van der Waals surface area contributed by atoms with Gasteiger partial charge in [-0.3, -0.25) is 9.69 Å². The molecule has 1 aliphatic rings. The summed E-state index contributed by atoms with van der Waals surface area (Å²) < 4.78 is 13.2. The van der Waals surface area contributed by atoms with Crippen molar-refractivity contribution in [3.8, 4) is 5.75 Å². The summed E-state index contributed by atoms with van der Waals surface area (Å²) in [7, 11) is 0. The largest absolute Gasteiger partial charge is 0.507 e. The van der Waals surface area contributed by atoms with E-state index in [4.69, 9.17) is 0 Å². The summed E-state index contributed by atoms with van der Waals surface area (Å²) >= 11 is 0. The number of rotatable bonds is 7. The van der Waals surface area contributed by atoms with E-state index in [1.54, 1.807) is 0 Å². The van der Waals surface area contributed by atoms with Crippen molar-refractivity contribution in [2.45, 2.75) is 39.2 Å². The second kappa shape index (κ2) is 6.35. The van der Waals surface area contributed by atoms with Crippen molar-refractivity contribution < 1.29 is 14.3 Å². The van der Waals surface area contributed by atoms with Crippen LogP contribution in [0, 0.1) is 11.7 Å². The normalized spacial score (nSPS) is 15.1. The van der Waals surface area contributed by atoms with Crippen LogP contribution >= 0.6 is 0 Å². The fourth-order valence-corrected chi connectivity index (χ4v) is 2.26. The van der Waals surface area contributed by atoms with Crippen molar-refractivity contribution in [1.82, 2.24) is 4.90 Å². The molecule has 0 radical (unpaired) electrons. The average molecular weight is 279 g/mol. The third-order valence-electron chi connectivity index (χ3n) is 3.66. The predicted molar refractivity (Wildman–Crippen MR) is 76.4 cm³/mol. The molecule has 0 spiro atoms. The quantitative estimate of drug-likeness (QED) is 0.779. The Hall–Kier alpha value is -1.42. The molecular weight excluding hydrogens is 257 g/mol. The highest BCUT2D eigenvalue weighted by atomic mass is 19.1. The van der Waals surface area contributed by atoms with E-state index in [2.05, 4.69) is 18.7 Å². The van der Waals surface area contributed by atoms with Gasteiger partial charge in [0.1, 0.15) is 11.6 Å². The van der Waals surface area contributed by atoms with E-state index in [0.29, 0.717) is 12.0 Å². The number of carbonyl (C=O) groups is 1. The highest BCUT2D eigenvalue weighted by Gasteiger charge is 2.30. The van der Waals surface area contributed by atoms with Gasteiger partial charge in [-0.15, -0.1) is 0 Å². The maximum atomic E-state index is 13.2. The van der Waals surface area contributed by atoms with Gasteiger partial charge in [-0.1, -0.05) is 13.8 Å². The van der Waals surface area contributed by atoms with Crippen LogP contribution < -0.4 is 0 Å². The second-order valence-corrected chi connectivity index (χ2v) is 5.97. The molecule has 0 heterocycles. The number of ketones is 1. The van der Waals surface area contributed by atoms with Crippen LogP contribution in [-0.4, -0.2) is 34.9 Å². The zero-order chi connectivity index (χ0) is 14.7. The van der Waals surface area contributed by atoms with Crippen molar-refractivity contribution in [2.24, 2.45) is 5.92 Å². The molecule has 1 saturated carbocycles. The smallest absolute Gasteiger partial charge is 0.180 e. The highest BCUT2D eigenvalue weighted by Crippen LogP contribution is 2.28. The fourth-order valence-electron chi connectivity index (χ4n) is 2.26. The zero-order valence-electron chi connectivity index (χ0n) is 12.1. The van der Waals surface area contributed by atoms with Gasteiger partial charge in [-0.05, 0) is 49.9 Å². The maximum absolute atomic E-state index is 13.2. The van der Waals surface area contributed by atoms with Crippen LogP contribution in [0.3, 0.4) is 0 Å². The zero-order valence-corrected chi connectivity index (χ0v) is 12.1. The van der Waals surface area contributed by atoms with Crippen molar-refractivity contribution in [3.05, 3.63) is 29.6 Å². The van der Waals surface area contributed by atoms with E-state index in [9.17, 15) is 14.3 Å². The molecule has 1 aromatic carbocycles. The number of phenolic OH excluding ortho intramolecular Hbond substituents is 1. The molecule has 1 N–H and O–H groups in total. The first-order chi connectivity index (χ1) is 9.47. The molecule has 1 aromatic rings. The molecule has 0 unspecified atom stereocenters. The molecule has 0 aromatic heterocycles. The van der Waals surface area contributed by atoms with Gasteiger partial charge < -0.3 is 5.11 Å². The molecule has 0 saturated heterocycles. The molecule has 3 nitrogen and oxygen atoms in total. The van der Waals surface area contributed by atoms with Gasteiger partial charge >= 0.3 is 0 Å². The monoisotopic (exact) mass is 279 g/mol. The first-order valence-electron chi connectivity index (χ1n) is 7.23. The van der Waals surface area contributed by atoms with E-state index in [-0.39, 0.29) is 23.6 Å². The molecule has 110 valence electrons. The van der Waals surface area contributed by atoms with E-state index in [1.165, 1.54) is 6.07 Å². The van der Waals surface area contributed by atoms with E-state index in [1.807, 2.05) is 0 Å². The van der Waals surface area contributed by atoms with Crippen molar-refractivity contribution >= 4 is 5.78 Å². The van der Waals surface area contributed by atoms with Gasteiger partial charge in [0.2, 0.25) is 0 Å². The molecule has 0 atom stereocenters. The minimum absolute atomic E-state index is 0.0835. The number of benzene rings is 1. The van der Waals surface area contributed by atoms with Gasteiger partial charge in [0, 0.05) is 6.04 Å². The number of hydrogen-bond acceptors (Lipinski definition) is 3. The minimum Gasteiger partial charge on any atom is -0.507 e. The second-order valence-electron chi connectivity index (χ2n) is 5.97. The Morgan fingerprint density at radius 3 is 2.75 bits per heavy atom. The lowest BCUT2D eigenvalue weighted by molar-refractivity contribution is 0.0917. The number of aromatic hydroxyl groups is 1. The van der Waals surface area contributed by atoms with Gasteiger partial charge in [-0.2, -0.15) is 0 Å². The van der Waals surface area contributed by atoms with Crippen molar-refractivity contribution in [2.75, 3.05) is 13.1 Å². The maximum Gasteiger partial charge on any atom is 0.180 e. The third kappa shape index (κ3) is 4.04. The van der Waals surface area contributed by atoms with E-state index in [0.717, 1.165) is 37.9 Å². The lowest BCUT2D eigenvalue weighted by atomic mass is 10.1. The first kappa shape index (κ1) is 15.0. The van der Waals surface area contributed by atoms with Crippen molar-refractivity contribution in [1.29, 1.82) is 0 Å². The number of Topliss-reactive ketones (excluding diaryl/α,β-unsaturated/α-hetero) is 1. The Balaban J connectivity index is 2.02. The van der Waals surface area contributed by atoms with Crippen LogP contribution in [0.4, 0.5) is 4.39 Å². The fraction of sp³-hybridized carbons (Fsp3) is 0.562. The Morgan fingerprint density at radius 1 is 1.45 bits per heavy atom. The van der Waals surface area contributed by atoms with E-state index < -0.39 is 5.82 Å². The molecule has 1 aliphatic carbocycles. The Bertz CT molecular complexity index is 483. The molecule has 2 rings (SSSR count). The van der Waals surface area contributed by atoms with Crippen LogP contribution in [0.5, 0.6) is 5.75 Å². The summed E-state index contributed by atoms with van der Waals surface area (Å²) in [5, 5.41) is 9.68. The standard InChI is InChI=1S/C16H22FNO2/c1-11(2)7-8-18(13-4-5-13)10-16(20)14-9-12(17)3-6-15(14)19/h3,6,9,11,13,19H,4-5,7-8,10H2,1-2H3. The average Bonchev–Trinajstić information content (AvgIpc) is 3.21. The molecule has 4 heteroatoms. The van der Waals surface area contributed by atoms with Crippen LogP contribution in [-0.2, 0) is 0 Å². The molecule has 20 heavy (non-hydrogen) atoms. The summed E-state index contributed by atoms with van der Waals surface area (Å²) in [5.41, 5.74) is 0.0835. The van der Waals surface area contributed by atoms with Crippen molar-refractivity contribution in [3.63, 3.8) is 0 Å². The number of hydrogen-bond donors (Lipinski definition) is 1. The topological polar surface area (TPSA) is 40.5 Å². The van der Waals surface area contributed by atoms with Crippen LogP contribution in [0.15, 0.2) is 18.2 Å². The van der Waals surface area contributed by atoms with Gasteiger partial charge in [0.25, 0.3) is 0 Å². The lowest BCUT2D eigenvalue weighted by Gasteiger charge is -2.22.